The molecule has 1 heterocycles. The van der Waals surface area contributed by atoms with Crippen molar-refractivity contribution in [3.05, 3.63) is 78.9 Å². The van der Waals surface area contributed by atoms with E-state index < -0.39 is 5.92 Å². The largest absolute Gasteiger partial charge is 0.497 e. The van der Waals surface area contributed by atoms with Crippen LogP contribution in [-0.4, -0.2) is 25.5 Å². The molecule has 1 N–H and O–H groups in total. The molecule has 0 bridgehead atoms. The molecule has 30 heavy (non-hydrogen) atoms. The van der Waals surface area contributed by atoms with Crippen LogP contribution in [0.2, 0.25) is 0 Å². The number of benzene rings is 3. The van der Waals surface area contributed by atoms with Crippen LogP contribution in [0.5, 0.6) is 17.2 Å². The zero-order valence-electron chi connectivity index (χ0n) is 16.6. The molecule has 3 aromatic carbocycles. The highest BCUT2D eigenvalue weighted by atomic mass is 16.5. The smallest absolute Gasteiger partial charge is 0.229 e. The summed E-state index contributed by atoms with van der Waals surface area (Å²) >= 11 is 0. The maximum atomic E-state index is 12.6. The van der Waals surface area contributed by atoms with Crippen LogP contribution in [0.3, 0.4) is 0 Å². The minimum Gasteiger partial charge on any atom is -0.497 e. The second kappa shape index (κ2) is 8.69. The lowest BCUT2D eigenvalue weighted by molar-refractivity contribution is -0.122. The number of rotatable bonds is 6. The number of para-hydroxylation sites is 1. The van der Waals surface area contributed by atoms with Gasteiger partial charge in [0, 0.05) is 24.3 Å². The zero-order valence-corrected chi connectivity index (χ0v) is 16.6. The Labute approximate surface area is 175 Å². The van der Waals surface area contributed by atoms with Crippen LogP contribution in [0.1, 0.15) is 6.42 Å². The highest BCUT2D eigenvalue weighted by molar-refractivity contribution is 6.03. The molecule has 1 aliphatic rings. The number of hydrogen-bond donors (Lipinski definition) is 1. The molecule has 1 fully saturated rings. The van der Waals surface area contributed by atoms with E-state index in [-0.39, 0.29) is 18.2 Å². The summed E-state index contributed by atoms with van der Waals surface area (Å²) in [5.74, 6) is 1.51. The average Bonchev–Trinajstić information content (AvgIpc) is 3.17. The van der Waals surface area contributed by atoms with Gasteiger partial charge >= 0.3 is 0 Å². The third-order valence-electron chi connectivity index (χ3n) is 4.98. The highest BCUT2D eigenvalue weighted by Gasteiger charge is 2.35. The summed E-state index contributed by atoms with van der Waals surface area (Å²) in [4.78, 5) is 26.8. The molecule has 1 aliphatic heterocycles. The normalized spacial score (nSPS) is 15.7. The van der Waals surface area contributed by atoms with Gasteiger partial charge in [-0.1, -0.05) is 18.2 Å². The van der Waals surface area contributed by atoms with Crippen molar-refractivity contribution in [3.8, 4) is 17.2 Å². The molecular formula is C24H22N2O4. The molecular weight excluding hydrogens is 380 g/mol. The summed E-state index contributed by atoms with van der Waals surface area (Å²) in [6, 6.07) is 23.9. The summed E-state index contributed by atoms with van der Waals surface area (Å²) in [5.41, 5.74) is 1.43. The molecule has 0 radical (unpaired) electrons. The Morgan fingerprint density at radius 1 is 0.900 bits per heavy atom. The molecule has 6 heteroatoms. The molecule has 0 saturated carbocycles. The first kappa shape index (κ1) is 19.5. The van der Waals surface area contributed by atoms with Gasteiger partial charge in [-0.15, -0.1) is 0 Å². The van der Waals surface area contributed by atoms with E-state index in [0.717, 1.165) is 17.2 Å². The van der Waals surface area contributed by atoms with E-state index in [9.17, 15) is 9.59 Å². The Hall–Kier alpha value is -3.80. The summed E-state index contributed by atoms with van der Waals surface area (Å²) < 4.78 is 10.9. The lowest BCUT2D eigenvalue weighted by Gasteiger charge is -2.17. The second-order valence-electron chi connectivity index (χ2n) is 7.03. The van der Waals surface area contributed by atoms with Crippen LogP contribution in [0.15, 0.2) is 78.9 Å². The van der Waals surface area contributed by atoms with Crippen molar-refractivity contribution in [1.82, 2.24) is 0 Å². The van der Waals surface area contributed by atoms with Crippen molar-refractivity contribution >= 4 is 23.2 Å². The van der Waals surface area contributed by atoms with Gasteiger partial charge in [-0.3, -0.25) is 9.59 Å². The molecule has 0 unspecified atom stereocenters. The number of nitrogens with zero attached hydrogens (tertiary/aromatic N) is 1. The predicted molar refractivity (Wildman–Crippen MR) is 115 cm³/mol. The van der Waals surface area contributed by atoms with Crippen molar-refractivity contribution in [3.63, 3.8) is 0 Å². The molecule has 2 amide bonds. The second-order valence-corrected chi connectivity index (χ2v) is 7.03. The van der Waals surface area contributed by atoms with Crippen LogP contribution in [0.25, 0.3) is 0 Å². The van der Waals surface area contributed by atoms with Crippen LogP contribution < -0.4 is 19.7 Å². The molecule has 0 spiro atoms. The van der Waals surface area contributed by atoms with Crippen molar-refractivity contribution < 1.29 is 19.1 Å². The van der Waals surface area contributed by atoms with Gasteiger partial charge in [0.1, 0.15) is 17.2 Å². The van der Waals surface area contributed by atoms with E-state index in [1.807, 2.05) is 54.6 Å². The fraction of sp³-hybridized carbons (Fsp3) is 0.167. The van der Waals surface area contributed by atoms with Crippen LogP contribution in [0.4, 0.5) is 11.4 Å². The number of nitrogens with one attached hydrogen (secondary N) is 1. The number of carbonyl (C=O) groups excluding carboxylic acids is 2. The minimum atomic E-state index is -0.403. The number of amides is 2. The molecule has 6 nitrogen and oxygen atoms in total. The maximum absolute atomic E-state index is 12.6. The SMILES string of the molecule is COc1ccc(NC(=O)[C@H]2CC(=O)N(c3ccc(Oc4ccccc4)cc3)C2)cc1. The molecule has 1 saturated heterocycles. The van der Waals surface area contributed by atoms with Gasteiger partial charge in [0.05, 0.1) is 13.0 Å². The molecule has 0 aromatic heterocycles. The van der Waals surface area contributed by atoms with Gasteiger partial charge in [-0.2, -0.15) is 0 Å². The Morgan fingerprint density at radius 2 is 1.53 bits per heavy atom. The van der Waals surface area contributed by atoms with Gasteiger partial charge in [-0.25, -0.2) is 0 Å². The van der Waals surface area contributed by atoms with Crippen molar-refractivity contribution in [2.24, 2.45) is 5.92 Å². The minimum absolute atomic E-state index is 0.0680. The van der Waals surface area contributed by atoms with Crippen molar-refractivity contribution in [1.29, 1.82) is 0 Å². The lowest BCUT2D eigenvalue weighted by atomic mass is 10.1. The zero-order chi connectivity index (χ0) is 20.9. The van der Waals surface area contributed by atoms with E-state index in [1.54, 1.807) is 36.3 Å². The van der Waals surface area contributed by atoms with Crippen LogP contribution in [0, 0.1) is 5.92 Å². The fourth-order valence-electron chi connectivity index (χ4n) is 3.37. The third-order valence-corrected chi connectivity index (χ3v) is 4.98. The first-order chi connectivity index (χ1) is 14.6. The summed E-state index contributed by atoms with van der Waals surface area (Å²) in [5, 5.41) is 2.87. The van der Waals surface area contributed by atoms with Gasteiger partial charge < -0.3 is 19.7 Å². The quantitative estimate of drug-likeness (QED) is 0.660. The van der Waals surface area contributed by atoms with Crippen molar-refractivity contribution in [2.75, 3.05) is 23.9 Å². The topological polar surface area (TPSA) is 67.9 Å². The van der Waals surface area contributed by atoms with Gasteiger partial charge in [0.15, 0.2) is 0 Å². The Balaban J connectivity index is 1.38. The van der Waals surface area contributed by atoms with E-state index in [1.165, 1.54) is 0 Å². The maximum Gasteiger partial charge on any atom is 0.229 e. The Morgan fingerprint density at radius 3 is 2.20 bits per heavy atom. The lowest BCUT2D eigenvalue weighted by Crippen LogP contribution is -2.28. The number of ether oxygens (including phenoxy) is 2. The summed E-state index contributed by atoms with van der Waals surface area (Å²) in [6.07, 6.45) is 0.185. The number of anilines is 2. The Kier molecular flexibility index (Phi) is 5.66. The number of carbonyl (C=O) groups is 2. The van der Waals surface area contributed by atoms with Gasteiger partial charge in [0.2, 0.25) is 11.8 Å². The highest BCUT2D eigenvalue weighted by Crippen LogP contribution is 2.29. The predicted octanol–water partition coefficient (Wildman–Crippen LogP) is 4.48. The van der Waals surface area contributed by atoms with E-state index in [0.29, 0.717) is 18.0 Å². The summed E-state index contributed by atoms with van der Waals surface area (Å²) in [6.45, 7) is 0.347. The molecule has 3 aromatic rings. The number of hydrogen-bond acceptors (Lipinski definition) is 4. The molecule has 4 rings (SSSR count). The van der Waals surface area contributed by atoms with Crippen molar-refractivity contribution in [2.45, 2.75) is 6.42 Å². The molecule has 1 atom stereocenters. The van der Waals surface area contributed by atoms with E-state index in [4.69, 9.17) is 9.47 Å². The van der Waals surface area contributed by atoms with E-state index in [2.05, 4.69) is 5.32 Å². The average molecular weight is 402 g/mol. The summed E-state index contributed by atoms with van der Waals surface area (Å²) in [7, 11) is 1.59. The first-order valence-corrected chi connectivity index (χ1v) is 9.70. The van der Waals surface area contributed by atoms with Gasteiger partial charge in [-0.05, 0) is 60.7 Å². The first-order valence-electron chi connectivity index (χ1n) is 9.70. The molecule has 0 aliphatic carbocycles. The van der Waals surface area contributed by atoms with Crippen LogP contribution in [-0.2, 0) is 9.59 Å². The standard InChI is InChI=1S/C24H22N2O4/c1-29-20-11-7-18(8-12-20)25-24(28)17-15-23(27)26(16-17)19-9-13-22(14-10-19)30-21-5-3-2-4-6-21/h2-14,17H,15-16H2,1H3,(H,25,28)/t17-/m0/s1. The van der Waals surface area contributed by atoms with Gasteiger partial charge in [0.25, 0.3) is 0 Å². The fourth-order valence-corrected chi connectivity index (χ4v) is 3.37. The third kappa shape index (κ3) is 4.43. The monoisotopic (exact) mass is 402 g/mol. The van der Waals surface area contributed by atoms with Crippen LogP contribution >= 0.6 is 0 Å². The number of methoxy groups -OCH3 is 1. The Bertz CT molecular complexity index is 1020. The molecule has 152 valence electrons. The van der Waals surface area contributed by atoms with E-state index >= 15 is 0 Å².